The normalized spacial score (nSPS) is 11.9. The molecule has 3 aromatic carbocycles. The zero-order valence-electron chi connectivity index (χ0n) is 16.7. The van der Waals surface area contributed by atoms with Crippen molar-refractivity contribution in [2.24, 2.45) is 0 Å². The van der Waals surface area contributed by atoms with Crippen LogP contribution in [-0.2, 0) is 11.9 Å². The van der Waals surface area contributed by atoms with Crippen LogP contribution in [0.4, 0.5) is 18.9 Å². The highest BCUT2D eigenvalue weighted by atomic mass is 79.9. The summed E-state index contributed by atoms with van der Waals surface area (Å²) in [5, 5.41) is 20.8. The first kappa shape index (κ1) is 24.5. The van der Waals surface area contributed by atoms with E-state index in [2.05, 4.69) is 15.9 Å². The highest BCUT2D eigenvalue weighted by Crippen LogP contribution is 2.33. The summed E-state index contributed by atoms with van der Waals surface area (Å²) in [6, 6.07) is 14.9. The molecule has 0 radical (unpaired) electrons. The fraction of sp³-hybridized carbons (Fsp3) is 0.0870. The van der Waals surface area contributed by atoms with Gasteiger partial charge in [0.05, 0.1) is 15.4 Å². The van der Waals surface area contributed by atoms with Gasteiger partial charge >= 0.3 is 11.9 Å². The van der Waals surface area contributed by atoms with Gasteiger partial charge in [0.15, 0.2) is 11.5 Å². The molecule has 3 rings (SSSR count). The van der Waals surface area contributed by atoms with E-state index in [1.54, 1.807) is 0 Å². The second-order valence-corrected chi connectivity index (χ2v) is 8.77. The molecular weight excluding hydrogens is 523 g/mol. The lowest BCUT2D eigenvalue weighted by Gasteiger charge is -2.10. The molecule has 10 heteroatoms. The van der Waals surface area contributed by atoms with E-state index in [9.17, 15) is 33.2 Å². The number of nitro groups is 1. The van der Waals surface area contributed by atoms with Crippen LogP contribution in [-0.4, -0.2) is 15.8 Å². The Morgan fingerprint density at radius 2 is 1.70 bits per heavy atom. The monoisotopic (exact) mass is 537 g/mol. The molecule has 0 aliphatic carbocycles. The molecule has 1 N–H and O–H groups in total. The van der Waals surface area contributed by atoms with Gasteiger partial charge in [-0.25, -0.2) is 0 Å². The van der Waals surface area contributed by atoms with E-state index >= 15 is 0 Å². The number of phenolic OH excluding ortho intramolecular Hbond substituents is 1. The van der Waals surface area contributed by atoms with Crippen molar-refractivity contribution in [1.82, 2.24) is 0 Å². The van der Waals surface area contributed by atoms with E-state index in [0.717, 1.165) is 58.2 Å². The third-order valence-corrected chi connectivity index (χ3v) is 6.12. The number of aromatic hydroxyl groups is 1. The number of hydrogen-bond acceptors (Lipinski definition) is 5. The number of halogens is 4. The molecule has 33 heavy (non-hydrogen) atoms. The number of nitro benzene ring substituents is 1. The summed E-state index contributed by atoms with van der Waals surface area (Å²) in [6.07, 6.45) is -3.11. The first-order valence-electron chi connectivity index (χ1n) is 9.33. The van der Waals surface area contributed by atoms with Crippen LogP contribution < -0.4 is 0 Å². The van der Waals surface area contributed by atoms with Crippen LogP contribution in [0.25, 0.3) is 6.08 Å². The van der Waals surface area contributed by atoms with E-state index in [1.165, 1.54) is 12.1 Å². The zero-order valence-corrected chi connectivity index (χ0v) is 19.1. The van der Waals surface area contributed by atoms with Gasteiger partial charge in [-0.3, -0.25) is 14.9 Å². The van der Waals surface area contributed by atoms with Crippen molar-refractivity contribution < 1.29 is 28.0 Å². The van der Waals surface area contributed by atoms with Crippen LogP contribution in [0.3, 0.4) is 0 Å². The van der Waals surface area contributed by atoms with Gasteiger partial charge in [-0.2, -0.15) is 13.2 Å². The molecule has 0 heterocycles. The van der Waals surface area contributed by atoms with E-state index in [-0.39, 0.29) is 16.0 Å². The van der Waals surface area contributed by atoms with Gasteiger partial charge in [-0.05, 0) is 47.5 Å². The molecule has 0 unspecified atom stereocenters. The molecule has 3 aromatic rings. The predicted octanol–water partition coefficient (Wildman–Crippen LogP) is 7.24. The van der Waals surface area contributed by atoms with Gasteiger partial charge in [-0.15, -0.1) is 11.8 Å². The maximum Gasteiger partial charge on any atom is 0.416 e. The number of alkyl halides is 3. The van der Waals surface area contributed by atoms with Crippen LogP contribution in [0, 0.1) is 10.1 Å². The van der Waals surface area contributed by atoms with E-state index in [4.69, 9.17) is 0 Å². The summed E-state index contributed by atoms with van der Waals surface area (Å²) >= 11 is 4.49. The first-order chi connectivity index (χ1) is 15.5. The Morgan fingerprint density at radius 1 is 1.06 bits per heavy atom. The lowest BCUT2D eigenvalue weighted by atomic mass is 10.1. The lowest BCUT2D eigenvalue weighted by molar-refractivity contribution is -0.385. The predicted molar refractivity (Wildman–Crippen MR) is 124 cm³/mol. The molecule has 5 nitrogen and oxygen atoms in total. The minimum atomic E-state index is -4.53. The van der Waals surface area contributed by atoms with Crippen molar-refractivity contribution in [3.8, 4) is 5.75 Å². The van der Waals surface area contributed by atoms with Crippen LogP contribution >= 0.6 is 27.7 Å². The standard InChI is InChI=1S/C23H15BrF3NO4S/c24-18-8-1-14(2-9-18)13-33-21(12-15-3-10-20(29)19(11-15)28(31)32)22(30)16-4-6-17(7-5-16)23(25,26)27/h1-12,29H,13H2. The largest absolute Gasteiger partial charge is 0.502 e. The maximum atomic E-state index is 13.1. The molecule has 0 saturated carbocycles. The zero-order chi connectivity index (χ0) is 24.2. The van der Waals surface area contributed by atoms with E-state index in [1.807, 2.05) is 24.3 Å². The molecule has 170 valence electrons. The molecule has 0 bridgehead atoms. The van der Waals surface area contributed by atoms with Gasteiger partial charge in [0, 0.05) is 21.9 Å². The van der Waals surface area contributed by atoms with Gasteiger partial charge in [0.25, 0.3) is 0 Å². The second-order valence-electron chi connectivity index (χ2n) is 6.83. The van der Waals surface area contributed by atoms with Gasteiger partial charge < -0.3 is 5.11 Å². The summed E-state index contributed by atoms with van der Waals surface area (Å²) in [7, 11) is 0. The number of phenols is 1. The minimum Gasteiger partial charge on any atom is -0.502 e. The summed E-state index contributed by atoms with van der Waals surface area (Å²) < 4.78 is 39.5. The molecule has 0 spiro atoms. The smallest absolute Gasteiger partial charge is 0.416 e. The quantitative estimate of drug-likeness (QED) is 0.149. The second kappa shape index (κ2) is 10.2. The number of benzene rings is 3. The van der Waals surface area contributed by atoms with Gasteiger partial charge in [0.1, 0.15) is 0 Å². The molecule has 0 amide bonds. The van der Waals surface area contributed by atoms with Crippen molar-refractivity contribution in [2.75, 3.05) is 0 Å². The number of allylic oxidation sites excluding steroid dienone is 1. The number of rotatable bonds is 7. The summed E-state index contributed by atoms with van der Waals surface area (Å²) in [5.41, 5.74) is -0.167. The number of Topliss-reactive ketones (excluding diaryl/α,β-unsaturated/α-hetero) is 1. The topological polar surface area (TPSA) is 80.4 Å². The van der Waals surface area contributed by atoms with Crippen LogP contribution in [0.15, 0.2) is 76.1 Å². The Kier molecular flexibility index (Phi) is 7.60. The van der Waals surface area contributed by atoms with Crippen molar-refractivity contribution in [1.29, 1.82) is 0 Å². The number of nitrogens with zero attached hydrogens (tertiary/aromatic N) is 1. The Morgan fingerprint density at radius 3 is 2.27 bits per heavy atom. The molecule has 0 saturated heterocycles. The Bertz CT molecular complexity index is 1210. The third kappa shape index (κ3) is 6.45. The van der Waals surface area contributed by atoms with Crippen molar-refractivity contribution in [2.45, 2.75) is 11.9 Å². The molecule has 0 aliphatic heterocycles. The number of thioether (sulfide) groups is 1. The molecule has 0 atom stereocenters. The highest BCUT2D eigenvalue weighted by molar-refractivity contribution is 9.10. The lowest BCUT2D eigenvalue weighted by Crippen LogP contribution is -2.06. The number of carbonyl (C=O) groups excluding carboxylic acids is 1. The Hall–Kier alpha value is -3.11. The maximum absolute atomic E-state index is 13.1. The molecule has 0 aliphatic rings. The summed E-state index contributed by atoms with van der Waals surface area (Å²) in [5.74, 6) is -0.664. The highest BCUT2D eigenvalue weighted by Gasteiger charge is 2.30. The average molecular weight is 538 g/mol. The third-order valence-electron chi connectivity index (χ3n) is 4.50. The van der Waals surface area contributed by atoms with Crippen LogP contribution in [0.1, 0.15) is 27.0 Å². The van der Waals surface area contributed by atoms with Crippen LogP contribution in [0.5, 0.6) is 5.75 Å². The van der Waals surface area contributed by atoms with Crippen molar-refractivity contribution in [3.05, 3.63) is 108 Å². The van der Waals surface area contributed by atoms with Crippen molar-refractivity contribution in [3.63, 3.8) is 0 Å². The van der Waals surface area contributed by atoms with Crippen LogP contribution in [0.2, 0.25) is 0 Å². The summed E-state index contributed by atoms with van der Waals surface area (Å²) in [4.78, 5) is 23.7. The number of hydrogen-bond donors (Lipinski definition) is 1. The Balaban J connectivity index is 1.96. The first-order valence-corrected chi connectivity index (χ1v) is 11.1. The molecular formula is C23H15BrF3NO4S. The van der Waals surface area contributed by atoms with E-state index < -0.39 is 33.9 Å². The summed E-state index contributed by atoms with van der Waals surface area (Å²) in [6.45, 7) is 0. The fourth-order valence-corrected chi connectivity index (χ4v) is 4.04. The van der Waals surface area contributed by atoms with Gasteiger partial charge in [0.2, 0.25) is 0 Å². The average Bonchev–Trinajstić information content (AvgIpc) is 2.77. The molecule has 0 fully saturated rings. The number of ketones is 1. The molecule has 0 aromatic heterocycles. The van der Waals surface area contributed by atoms with Gasteiger partial charge in [-0.1, -0.05) is 46.3 Å². The fourth-order valence-electron chi connectivity index (χ4n) is 2.80. The van der Waals surface area contributed by atoms with E-state index in [0.29, 0.717) is 5.75 Å². The number of carbonyl (C=O) groups is 1. The Labute approximate surface area is 199 Å². The minimum absolute atomic E-state index is 0.0471. The van der Waals surface area contributed by atoms with Crippen molar-refractivity contribution >= 4 is 45.2 Å². The SMILES string of the molecule is O=C(C(=Cc1ccc(O)c([N+](=O)[O-])c1)SCc1ccc(Br)cc1)c1ccc(C(F)(F)F)cc1.